The van der Waals surface area contributed by atoms with Crippen LogP contribution in [0.1, 0.15) is 69.2 Å². The van der Waals surface area contributed by atoms with E-state index in [-0.39, 0.29) is 54.8 Å². The maximum atomic E-state index is 13.7. The van der Waals surface area contributed by atoms with Gasteiger partial charge in [0.15, 0.2) is 5.82 Å². The Morgan fingerprint density at radius 3 is 2.37 bits per heavy atom. The van der Waals surface area contributed by atoms with Crippen LogP contribution in [0.25, 0.3) is 0 Å². The van der Waals surface area contributed by atoms with Crippen molar-refractivity contribution in [2.45, 2.75) is 84.0 Å². The number of rotatable bonds is 4. The first-order chi connectivity index (χ1) is 20.6. The number of hydrogen-bond acceptors (Lipinski definition) is 7. The zero-order chi connectivity index (χ0) is 30.9. The normalized spacial score (nSPS) is 23.0. The molecule has 232 valence electrons. The minimum absolute atomic E-state index is 0.0822. The number of nitrogens with zero attached hydrogens (tertiary/aromatic N) is 4. The number of carbonyl (C=O) groups is 5. The second kappa shape index (κ2) is 14.7. The van der Waals surface area contributed by atoms with Crippen molar-refractivity contribution in [1.82, 2.24) is 40.9 Å². The van der Waals surface area contributed by atoms with Crippen LogP contribution in [-0.4, -0.2) is 80.9 Å². The van der Waals surface area contributed by atoms with Gasteiger partial charge in [-0.05, 0) is 37.7 Å². The van der Waals surface area contributed by atoms with Gasteiger partial charge >= 0.3 is 0 Å². The summed E-state index contributed by atoms with van der Waals surface area (Å²) in [6.45, 7) is 6.52. The van der Waals surface area contributed by atoms with Gasteiger partial charge in [-0.3, -0.25) is 24.0 Å². The summed E-state index contributed by atoms with van der Waals surface area (Å²) < 4.78 is 1.50. The number of fused-ring (bicyclic) bond motifs is 1. The van der Waals surface area contributed by atoms with E-state index in [0.717, 1.165) is 5.56 Å². The molecule has 1 saturated heterocycles. The Balaban J connectivity index is 1.58. The summed E-state index contributed by atoms with van der Waals surface area (Å²) in [6.07, 6.45) is 1.99. The summed E-state index contributed by atoms with van der Waals surface area (Å²) in [7, 11) is 0. The summed E-state index contributed by atoms with van der Waals surface area (Å²) >= 11 is 0. The standard InChI is InChI=1S/C30H42N8O5/c1-19(2)27-28-32-20(3)36-38(28)18-26(41)31-14-8-16-37(30(43)22-12-13-25(40)33-22)15-7-11-24(39)34-23(29(42)35-27)17-21-9-5-4-6-10-21/h4-6,9-10,19,22-23,27H,7-8,11-18H2,1-3H3,(H,31,41)(H,33,40)(H,34,39)(H,35,42)/t22-,23+,27-/m0/s1. The Morgan fingerprint density at radius 1 is 0.953 bits per heavy atom. The fourth-order valence-electron chi connectivity index (χ4n) is 5.40. The van der Waals surface area contributed by atoms with Gasteiger partial charge < -0.3 is 26.2 Å². The molecule has 13 nitrogen and oxygen atoms in total. The number of aryl methyl sites for hydroxylation is 1. The lowest BCUT2D eigenvalue weighted by atomic mass is 10.0. The Hall–Kier alpha value is -4.29. The predicted molar refractivity (Wildman–Crippen MR) is 157 cm³/mol. The van der Waals surface area contributed by atoms with E-state index in [1.807, 2.05) is 44.2 Å². The third-order valence-corrected chi connectivity index (χ3v) is 7.64. The molecule has 0 saturated carbocycles. The number of aromatic nitrogens is 3. The molecule has 4 rings (SSSR count). The zero-order valence-electron chi connectivity index (χ0n) is 25.1. The second-order valence-corrected chi connectivity index (χ2v) is 11.5. The smallest absolute Gasteiger partial charge is 0.245 e. The maximum absolute atomic E-state index is 13.7. The molecule has 3 atom stereocenters. The fourth-order valence-corrected chi connectivity index (χ4v) is 5.40. The third-order valence-electron chi connectivity index (χ3n) is 7.64. The fraction of sp³-hybridized carbons (Fsp3) is 0.567. The third kappa shape index (κ3) is 8.85. The molecule has 3 heterocycles. The van der Waals surface area contributed by atoms with E-state index in [2.05, 4.69) is 31.3 Å². The quantitative estimate of drug-likeness (QED) is 0.401. The monoisotopic (exact) mass is 594 g/mol. The van der Waals surface area contributed by atoms with E-state index in [0.29, 0.717) is 57.0 Å². The molecule has 4 N–H and O–H groups in total. The van der Waals surface area contributed by atoms with E-state index in [9.17, 15) is 24.0 Å². The molecule has 5 amide bonds. The molecular formula is C30H42N8O5. The first kappa shape index (κ1) is 31.6. The summed E-state index contributed by atoms with van der Waals surface area (Å²) in [5, 5.41) is 16.0. The largest absolute Gasteiger partial charge is 0.354 e. The minimum Gasteiger partial charge on any atom is -0.354 e. The van der Waals surface area contributed by atoms with E-state index < -0.39 is 18.1 Å². The Morgan fingerprint density at radius 2 is 1.67 bits per heavy atom. The number of hydrogen-bond donors (Lipinski definition) is 4. The van der Waals surface area contributed by atoms with Gasteiger partial charge in [-0.15, -0.1) is 0 Å². The topological polar surface area (TPSA) is 167 Å². The van der Waals surface area contributed by atoms with Crippen molar-refractivity contribution in [3.05, 3.63) is 47.5 Å². The van der Waals surface area contributed by atoms with Crippen LogP contribution in [0.3, 0.4) is 0 Å². The molecule has 2 aromatic rings. The summed E-state index contributed by atoms with van der Waals surface area (Å²) in [6, 6.07) is 7.44. The van der Waals surface area contributed by atoms with E-state index in [1.165, 1.54) is 4.68 Å². The first-order valence-corrected chi connectivity index (χ1v) is 15.0. The molecule has 2 aliphatic heterocycles. The molecule has 1 aromatic carbocycles. The lowest BCUT2D eigenvalue weighted by molar-refractivity contribution is -0.135. The van der Waals surface area contributed by atoms with Gasteiger partial charge in [0.05, 0.1) is 6.04 Å². The van der Waals surface area contributed by atoms with Gasteiger partial charge in [-0.2, -0.15) is 5.10 Å². The van der Waals surface area contributed by atoms with Crippen LogP contribution in [0.15, 0.2) is 30.3 Å². The van der Waals surface area contributed by atoms with Crippen molar-refractivity contribution in [3.8, 4) is 0 Å². The number of amides is 5. The summed E-state index contributed by atoms with van der Waals surface area (Å²) in [5.74, 6) is -0.452. The molecule has 0 spiro atoms. The zero-order valence-corrected chi connectivity index (χ0v) is 25.1. The Bertz CT molecular complexity index is 1310. The van der Waals surface area contributed by atoms with Gasteiger partial charge in [0.1, 0.15) is 24.5 Å². The lowest BCUT2D eigenvalue weighted by Crippen LogP contribution is -2.50. The highest BCUT2D eigenvalue weighted by molar-refractivity contribution is 5.91. The first-order valence-electron chi connectivity index (χ1n) is 15.0. The van der Waals surface area contributed by atoms with Gasteiger partial charge in [-0.1, -0.05) is 44.2 Å². The number of carbonyl (C=O) groups excluding carboxylic acids is 5. The van der Waals surface area contributed by atoms with Crippen LogP contribution in [-0.2, 0) is 36.9 Å². The molecule has 0 aliphatic carbocycles. The van der Waals surface area contributed by atoms with Crippen LogP contribution >= 0.6 is 0 Å². The summed E-state index contributed by atoms with van der Waals surface area (Å²) in [4.78, 5) is 70.8. The number of benzene rings is 1. The van der Waals surface area contributed by atoms with E-state index in [4.69, 9.17) is 0 Å². The van der Waals surface area contributed by atoms with Crippen LogP contribution < -0.4 is 21.3 Å². The Labute approximate surface area is 251 Å². The van der Waals surface area contributed by atoms with Crippen molar-refractivity contribution in [3.63, 3.8) is 0 Å². The van der Waals surface area contributed by atoms with Crippen LogP contribution in [0.4, 0.5) is 0 Å². The molecule has 1 fully saturated rings. The number of nitrogens with one attached hydrogen (secondary N) is 4. The van der Waals surface area contributed by atoms with Crippen LogP contribution in [0.5, 0.6) is 0 Å². The van der Waals surface area contributed by atoms with Gasteiger partial charge in [0.25, 0.3) is 0 Å². The Kier molecular flexibility index (Phi) is 10.8. The molecule has 2 aliphatic rings. The SMILES string of the molecule is Cc1nc2n(n1)CC(=O)NCCCN(C(=O)[C@@H]1CCC(=O)N1)CCCC(=O)N[C@H](Cc1ccccc1)C(=O)N[C@H]2C(C)C. The van der Waals surface area contributed by atoms with Gasteiger partial charge in [0.2, 0.25) is 29.5 Å². The van der Waals surface area contributed by atoms with Gasteiger partial charge in [0, 0.05) is 38.9 Å². The van der Waals surface area contributed by atoms with Crippen LogP contribution in [0.2, 0.25) is 0 Å². The predicted octanol–water partition coefficient (Wildman–Crippen LogP) is 0.535. The lowest BCUT2D eigenvalue weighted by Gasteiger charge is -2.27. The van der Waals surface area contributed by atoms with E-state index >= 15 is 0 Å². The highest BCUT2D eigenvalue weighted by Crippen LogP contribution is 2.21. The highest BCUT2D eigenvalue weighted by Gasteiger charge is 2.32. The highest BCUT2D eigenvalue weighted by atomic mass is 16.2. The van der Waals surface area contributed by atoms with Crippen molar-refractivity contribution >= 4 is 29.5 Å². The molecule has 0 unspecified atom stereocenters. The van der Waals surface area contributed by atoms with Crippen molar-refractivity contribution in [2.24, 2.45) is 5.92 Å². The van der Waals surface area contributed by atoms with Gasteiger partial charge in [-0.25, -0.2) is 9.67 Å². The average molecular weight is 595 g/mol. The molecule has 43 heavy (non-hydrogen) atoms. The van der Waals surface area contributed by atoms with Crippen molar-refractivity contribution < 1.29 is 24.0 Å². The molecule has 0 radical (unpaired) electrons. The summed E-state index contributed by atoms with van der Waals surface area (Å²) in [5.41, 5.74) is 0.886. The average Bonchev–Trinajstić information content (AvgIpc) is 3.56. The molecule has 1 aromatic heterocycles. The second-order valence-electron chi connectivity index (χ2n) is 11.5. The molecule has 0 bridgehead atoms. The van der Waals surface area contributed by atoms with E-state index in [1.54, 1.807) is 11.8 Å². The minimum atomic E-state index is -0.859. The van der Waals surface area contributed by atoms with Crippen LogP contribution in [0, 0.1) is 12.8 Å². The maximum Gasteiger partial charge on any atom is 0.245 e. The molecule has 13 heteroatoms. The van der Waals surface area contributed by atoms with Crippen molar-refractivity contribution in [2.75, 3.05) is 19.6 Å². The molecular weight excluding hydrogens is 552 g/mol. The van der Waals surface area contributed by atoms with Crippen molar-refractivity contribution in [1.29, 1.82) is 0 Å².